The van der Waals surface area contributed by atoms with Gasteiger partial charge >= 0.3 is 0 Å². The van der Waals surface area contributed by atoms with Gasteiger partial charge in [-0.2, -0.15) is 0 Å². The minimum atomic E-state index is -0.872. The second-order valence-electron chi connectivity index (χ2n) is 5.72. The lowest BCUT2D eigenvalue weighted by molar-refractivity contribution is -0.124. The van der Waals surface area contributed by atoms with Gasteiger partial charge in [-0.1, -0.05) is 0 Å². The zero-order valence-corrected chi connectivity index (χ0v) is 14.4. The van der Waals surface area contributed by atoms with Gasteiger partial charge in [0.05, 0.1) is 12.3 Å². The van der Waals surface area contributed by atoms with Crippen molar-refractivity contribution in [3.63, 3.8) is 0 Å². The van der Waals surface area contributed by atoms with Crippen molar-refractivity contribution >= 4 is 22.4 Å². The van der Waals surface area contributed by atoms with Gasteiger partial charge in [-0.3, -0.25) is 4.79 Å². The summed E-state index contributed by atoms with van der Waals surface area (Å²) in [6, 6.07) is 7.73. The van der Waals surface area contributed by atoms with E-state index in [9.17, 15) is 4.79 Å². The SMILES string of the molecule is CCOc1ccc(-c2csc(NC(=O)C3(N)CCOCC3)n2)cc1. The summed E-state index contributed by atoms with van der Waals surface area (Å²) in [5.74, 6) is 0.632. The van der Waals surface area contributed by atoms with Crippen LogP contribution >= 0.6 is 11.3 Å². The number of nitrogens with zero attached hydrogens (tertiary/aromatic N) is 1. The number of thiazole rings is 1. The highest BCUT2D eigenvalue weighted by molar-refractivity contribution is 7.14. The Hall–Kier alpha value is -1.96. The van der Waals surface area contributed by atoms with Gasteiger partial charge in [0.1, 0.15) is 11.3 Å². The number of hydrogen-bond acceptors (Lipinski definition) is 6. The molecule has 1 fully saturated rings. The normalized spacial score (nSPS) is 16.6. The van der Waals surface area contributed by atoms with E-state index in [-0.39, 0.29) is 5.91 Å². The molecule has 0 spiro atoms. The Labute approximate surface area is 145 Å². The molecule has 0 unspecified atom stereocenters. The number of rotatable bonds is 5. The van der Waals surface area contributed by atoms with Crippen LogP contribution in [-0.4, -0.2) is 36.3 Å². The molecule has 1 aromatic carbocycles. The number of ether oxygens (including phenoxy) is 2. The Balaban J connectivity index is 1.67. The Morgan fingerprint density at radius 3 is 2.75 bits per heavy atom. The highest BCUT2D eigenvalue weighted by Crippen LogP contribution is 2.28. The second-order valence-corrected chi connectivity index (χ2v) is 6.58. The lowest BCUT2D eigenvalue weighted by Crippen LogP contribution is -2.54. The summed E-state index contributed by atoms with van der Waals surface area (Å²) in [6.07, 6.45) is 1.05. The number of aromatic nitrogens is 1. The van der Waals surface area contributed by atoms with Crippen molar-refractivity contribution in [3.05, 3.63) is 29.6 Å². The number of carbonyl (C=O) groups is 1. The van der Waals surface area contributed by atoms with Crippen LogP contribution in [0.5, 0.6) is 5.75 Å². The molecule has 0 saturated carbocycles. The summed E-state index contributed by atoms with van der Waals surface area (Å²) in [4.78, 5) is 16.9. The van der Waals surface area contributed by atoms with Gasteiger partial charge in [0.15, 0.2) is 5.13 Å². The van der Waals surface area contributed by atoms with Gasteiger partial charge in [-0.25, -0.2) is 4.98 Å². The van der Waals surface area contributed by atoms with Crippen LogP contribution in [0.4, 0.5) is 5.13 Å². The van der Waals surface area contributed by atoms with Crippen molar-refractivity contribution in [2.45, 2.75) is 25.3 Å². The van der Waals surface area contributed by atoms with Crippen molar-refractivity contribution < 1.29 is 14.3 Å². The van der Waals surface area contributed by atoms with Gasteiger partial charge in [-0.05, 0) is 44.0 Å². The average molecular weight is 347 g/mol. The fourth-order valence-corrected chi connectivity index (χ4v) is 3.25. The van der Waals surface area contributed by atoms with E-state index >= 15 is 0 Å². The fraction of sp³-hybridized carbons (Fsp3) is 0.412. The van der Waals surface area contributed by atoms with E-state index in [0.29, 0.717) is 37.8 Å². The number of benzene rings is 1. The molecule has 2 aromatic rings. The Kier molecular flexibility index (Phi) is 5.13. The molecular formula is C17H21N3O3S. The van der Waals surface area contributed by atoms with Gasteiger partial charge in [0, 0.05) is 24.2 Å². The number of nitrogens with one attached hydrogen (secondary N) is 1. The standard InChI is InChI=1S/C17H21N3O3S/c1-2-23-13-5-3-12(4-6-13)14-11-24-16(19-14)20-15(21)17(18)7-9-22-10-8-17/h3-6,11H,2,7-10,18H2,1H3,(H,19,20,21). The minimum absolute atomic E-state index is 0.196. The summed E-state index contributed by atoms with van der Waals surface area (Å²) in [7, 11) is 0. The van der Waals surface area contributed by atoms with Crippen LogP contribution in [0.2, 0.25) is 0 Å². The lowest BCUT2D eigenvalue weighted by Gasteiger charge is -2.31. The molecule has 0 bridgehead atoms. The third-order valence-electron chi connectivity index (χ3n) is 4.02. The van der Waals surface area contributed by atoms with Gasteiger partial charge in [0.2, 0.25) is 5.91 Å². The predicted octanol–water partition coefficient (Wildman–Crippen LogP) is 2.66. The van der Waals surface area contributed by atoms with E-state index in [1.165, 1.54) is 11.3 Å². The van der Waals surface area contributed by atoms with Crippen molar-refractivity contribution in [2.75, 3.05) is 25.1 Å². The monoisotopic (exact) mass is 347 g/mol. The van der Waals surface area contributed by atoms with Gasteiger partial charge < -0.3 is 20.5 Å². The molecule has 6 nitrogen and oxygen atoms in total. The van der Waals surface area contributed by atoms with Crippen LogP contribution in [0.25, 0.3) is 11.3 Å². The first-order valence-corrected chi connectivity index (χ1v) is 8.85. The van der Waals surface area contributed by atoms with E-state index in [1.54, 1.807) is 0 Å². The summed E-state index contributed by atoms with van der Waals surface area (Å²) >= 11 is 1.39. The molecule has 0 aliphatic carbocycles. The molecule has 1 aliphatic heterocycles. The van der Waals surface area contributed by atoms with E-state index in [4.69, 9.17) is 15.2 Å². The van der Waals surface area contributed by atoms with Crippen molar-refractivity contribution in [1.82, 2.24) is 4.98 Å². The molecule has 0 radical (unpaired) electrons. The molecule has 1 saturated heterocycles. The van der Waals surface area contributed by atoms with Crippen LogP contribution in [0, 0.1) is 0 Å². The number of amides is 1. The van der Waals surface area contributed by atoms with Gasteiger partial charge in [0.25, 0.3) is 0 Å². The number of carbonyl (C=O) groups excluding carboxylic acids is 1. The van der Waals surface area contributed by atoms with Crippen LogP contribution in [0.15, 0.2) is 29.6 Å². The summed E-state index contributed by atoms with van der Waals surface area (Å²) in [5.41, 5.74) is 7.10. The number of hydrogen-bond donors (Lipinski definition) is 2. The second kappa shape index (κ2) is 7.29. The van der Waals surface area contributed by atoms with Crippen LogP contribution in [0.3, 0.4) is 0 Å². The summed E-state index contributed by atoms with van der Waals surface area (Å²) < 4.78 is 10.7. The average Bonchev–Trinajstić information content (AvgIpc) is 3.05. The first-order chi connectivity index (χ1) is 11.6. The van der Waals surface area contributed by atoms with Gasteiger partial charge in [-0.15, -0.1) is 11.3 Å². The minimum Gasteiger partial charge on any atom is -0.494 e. The maximum absolute atomic E-state index is 12.4. The summed E-state index contributed by atoms with van der Waals surface area (Å²) in [5, 5.41) is 5.31. The number of anilines is 1. The molecule has 24 heavy (non-hydrogen) atoms. The third-order valence-corrected chi connectivity index (χ3v) is 4.78. The van der Waals surface area contributed by atoms with Crippen LogP contribution < -0.4 is 15.8 Å². The molecule has 1 aliphatic rings. The zero-order chi connectivity index (χ0) is 17.0. The molecule has 3 N–H and O–H groups in total. The van der Waals surface area contributed by atoms with Crippen LogP contribution in [0.1, 0.15) is 19.8 Å². The highest BCUT2D eigenvalue weighted by Gasteiger charge is 2.36. The quantitative estimate of drug-likeness (QED) is 0.868. The predicted molar refractivity (Wildman–Crippen MR) is 94.3 cm³/mol. The van der Waals surface area contributed by atoms with E-state index in [2.05, 4.69) is 10.3 Å². The molecule has 0 atom stereocenters. The van der Waals surface area contributed by atoms with Crippen molar-refractivity contribution in [2.24, 2.45) is 5.73 Å². The highest BCUT2D eigenvalue weighted by atomic mass is 32.1. The van der Waals surface area contributed by atoms with Crippen LogP contribution in [-0.2, 0) is 9.53 Å². The molecule has 7 heteroatoms. The molecule has 2 heterocycles. The van der Waals surface area contributed by atoms with E-state index < -0.39 is 5.54 Å². The Morgan fingerprint density at radius 1 is 1.38 bits per heavy atom. The zero-order valence-electron chi connectivity index (χ0n) is 13.6. The topological polar surface area (TPSA) is 86.5 Å². The largest absolute Gasteiger partial charge is 0.494 e. The molecule has 1 amide bonds. The number of nitrogens with two attached hydrogens (primary N) is 1. The van der Waals surface area contributed by atoms with Crippen molar-refractivity contribution in [1.29, 1.82) is 0 Å². The first kappa shape index (κ1) is 16.9. The smallest absolute Gasteiger partial charge is 0.246 e. The van der Waals surface area contributed by atoms with Crippen molar-refractivity contribution in [3.8, 4) is 17.0 Å². The molecule has 3 rings (SSSR count). The lowest BCUT2D eigenvalue weighted by atomic mass is 9.90. The maximum Gasteiger partial charge on any atom is 0.246 e. The van der Waals surface area contributed by atoms with E-state index in [0.717, 1.165) is 17.0 Å². The fourth-order valence-electron chi connectivity index (χ4n) is 2.54. The maximum atomic E-state index is 12.4. The molecule has 128 valence electrons. The molecule has 1 aromatic heterocycles. The summed E-state index contributed by atoms with van der Waals surface area (Å²) in [6.45, 7) is 3.61. The third kappa shape index (κ3) is 3.75. The Morgan fingerprint density at radius 2 is 2.08 bits per heavy atom. The molecular weight excluding hydrogens is 326 g/mol. The van der Waals surface area contributed by atoms with E-state index in [1.807, 2.05) is 36.6 Å². The Bertz CT molecular complexity index is 693. The first-order valence-electron chi connectivity index (χ1n) is 7.97.